The predicted molar refractivity (Wildman–Crippen MR) is 190 cm³/mol. The molecule has 2 atom stereocenters. The molecule has 47 heavy (non-hydrogen) atoms. The van der Waals surface area contributed by atoms with Crippen molar-refractivity contribution in [2.75, 3.05) is 41.0 Å². The molecule has 0 aliphatic rings. The Hall–Kier alpha value is -2.45. The lowest BCUT2D eigenvalue weighted by Crippen LogP contribution is -2.55. The SMILES string of the molecule is CCCCC/C=C\C/C=C\C/C=C\CCCCCCCCC(=O)OC(COCCC(C(=O)[O-])[N+](C)(C)C)COC(=O)CCCCCC. The standard InChI is InChI=1S/C39H69NO7/c1-6-8-10-12-13-14-15-16-17-18-19-20-21-22-23-24-25-26-28-30-38(42)47-35(34-46-37(41)29-27-11-9-7-2)33-45-32-31-36(39(43)44)40(3,4)5/h13-14,16-17,19-20,35-36H,6-12,15,18,21-34H2,1-5H3/b14-13-,17-16-,20-19-. The Bertz CT molecular complexity index is 875. The van der Waals surface area contributed by atoms with Crippen LogP contribution in [0.1, 0.15) is 142 Å². The number of nitrogens with zero attached hydrogens (tertiary/aromatic N) is 1. The third kappa shape index (κ3) is 29.4. The van der Waals surface area contributed by atoms with Gasteiger partial charge in [0.05, 0.1) is 40.3 Å². The maximum atomic E-state index is 12.6. The summed E-state index contributed by atoms with van der Waals surface area (Å²) in [5.74, 6) is -1.78. The van der Waals surface area contributed by atoms with E-state index in [2.05, 4.69) is 50.3 Å². The topological polar surface area (TPSA) is 102 Å². The Balaban J connectivity index is 4.26. The molecule has 0 aliphatic carbocycles. The molecule has 8 nitrogen and oxygen atoms in total. The van der Waals surface area contributed by atoms with Gasteiger partial charge >= 0.3 is 11.9 Å². The zero-order chi connectivity index (χ0) is 35.0. The van der Waals surface area contributed by atoms with Crippen molar-refractivity contribution in [3.63, 3.8) is 0 Å². The van der Waals surface area contributed by atoms with E-state index >= 15 is 0 Å². The van der Waals surface area contributed by atoms with Crippen LogP contribution in [0.15, 0.2) is 36.5 Å². The Labute approximate surface area is 287 Å². The van der Waals surface area contributed by atoms with Crippen molar-refractivity contribution in [2.24, 2.45) is 0 Å². The first-order valence-electron chi connectivity index (χ1n) is 18.5. The van der Waals surface area contributed by atoms with Gasteiger partial charge in [0, 0.05) is 19.3 Å². The second-order valence-corrected chi connectivity index (χ2v) is 13.5. The Morgan fingerprint density at radius 3 is 1.70 bits per heavy atom. The predicted octanol–water partition coefficient (Wildman–Crippen LogP) is 7.79. The number of carboxylic acid groups (broad SMARTS) is 1. The Kier molecular flexibility index (Phi) is 29.2. The summed E-state index contributed by atoms with van der Waals surface area (Å²) in [6.07, 6.45) is 32.1. The number of carboxylic acids is 1. The molecule has 0 aliphatic heterocycles. The van der Waals surface area contributed by atoms with Gasteiger partial charge in [-0.15, -0.1) is 0 Å². The van der Waals surface area contributed by atoms with Crippen molar-refractivity contribution >= 4 is 17.9 Å². The number of hydrogen-bond donors (Lipinski definition) is 0. The monoisotopic (exact) mass is 664 g/mol. The summed E-state index contributed by atoms with van der Waals surface area (Å²) in [6.45, 7) is 4.48. The average molecular weight is 664 g/mol. The highest BCUT2D eigenvalue weighted by Gasteiger charge is 2.25. The number of quaternary nitrogens is 1. The molecule has 0 N–H and O–H groups in total. The number of aliphatic carboxylic acids is 1. The molecule has 8 heteroatoms. The molecule has 0 saturated carbocycles. The molecule has 0 aromatic rings. The molecular weight excluding hydrogens is 594 g/mol. The third-order valence-corrected chi connectivity index (χ3v) is 8.03. The van der Waals surface area contributed by atoms with Crippen molar-refractivity contribution in [1.82, 2.24) is 0 Å². The summed E-state index contributed by atoms with van der Waals surface area (Å²) in [4.78, 5) is 36.3. The van der Waals surface area contributed by atoms with E-state index in [0.29, 0.717) is 12.8 Å². The van der Waals surface area contributed by atoms with Crippen LogP contribution in [0, 0.1) is 0 Å². The quantitative estimate of drug-likeness (QED) is 0.0313. The summed E-state index contributed by atoms with van der Waals surface area (Å²) >= 11 is 0. The van der Waals surface area contributed by atoms with Crippen molar-refractivity contribution < 1.29 is 38.2 Å². The number of carbonyl (C=O) groups excluding carboxylic acids is 3. The number of likely N-dealkylation sites (N-methyl/N-ethyl adjacent to an activating group) is 1. The first-order chi connectivity index (χ1) is 22.6. The van der Waals surface area contributed by atoms with Crippen LogP contribution in [0.5, 0.6) is 0 Å². The van der Waals surface area contributed by atoms with Gasteiger partial charge in [0.15, 0.2) is 6.10 Å². The second kappa shape index (κ2) is 30.9. The summed E-state index contributed by atoms with van der Waals surface area (Å²) in [6, 6.07) is -0.724. The summed E-state index contributed by atoms with van der Waals surface area (Å²) < 4.78 is 16.9. The fraction of sp³-hybridized carbons (Fsp3) is 0.769. The van der Waals surface area contributed by atoms with E-state index < -0.39 is 18.1 Å². The number of hydrogen-bond acceptors (Lipinski definition) is 7. The van der Waals surface area contributed by atoms with E-state index in [-0.39, 0.29) is 42.7 Å². The molecule has 272 valence electrons. The van der Waals surface area contributed by atoms with Crippen molar-refractivity contribution in [2.45, 2.75) is 154 Å². The van der Waals surface area contributed by atoms with E-state index in [1.807, 2.05) is 0 Å². The number of carbonyl (C=O) groups is 3. The third-order valence-electron chi connectivity index (χ3n) is 8.03. The smallest absolute Gasteiger partial charge is 0.306 e. The molecular formula is C39H69NO7. The Morgan fingerprint density at radius 1 is 0.638 bits per heavy atom. The molecule has 0 aromatic heterocycles. The normalized spacial score (nSPS) is 13.5. The van der Waals surface area contributed by atoms with Gasteiger partial charge in [-0.05, 0) is 51.4 Å². The minimum Gasteiger partial charge on any atom is -0.544 e. The van der Waals surface area contributed by atoms with Gasteiger partial charge in [-0.3, -0.25) is 9.59 Å². The lowest BCUT2D eigenvalue weighted by atomic mass is 10.1. The first-order valence-corrected chi connectivity index (χ1v) is 18.5. The van der Waals surface area contributed by atoms with Crippen LogP contribution in [0.25, 0.3) is 0 Å². The van der Waals surface area contributed by atoms with E-state index in [1.165, 1.54) is 38.5 Å². The molecule has 0 fully saturated rings. The van der Waals surface area contributed by atoms with Crippen LogP contribution in [-0.2, 0) is 28.6 Å². The highest BCUT2D eigenvalue weighted by atomic mass is 16.6. The largest absolute Gasteiger partial charge is 0.544 e. The summed E-state index contributed by atoms with van der Waals surface area (Å²) in [7, 11) is 5.37. The fourth-order valence-electron chi connectivity index (χ4n) is 5.07. The maximum Gasteiger partial charge on any atom is 0.306 e. The maximum absolute atomic E-state index is 12.6. The van der Waals surface area contributed by atoms with E-state index in [1.54, 1.807) is 21.1 Å². The number of esters is 2. The van der Waals surface area contributed by atoms with Crippen LogP contribution in [0.2, 0.25) is 0 Å². The van der Waals surface area contributed by atoms with Crippen LogP contribution in [-0.4, -0.2) is 75.5 Å². The second-order valence-electron chi connectivity index (χ2n) is 13.5. The lowest BCUT2D eigenvalue weighted by molar-refractivity contribution is -0.889. The number of unbranched alkanes of at least 4 members (excludes halogenated alkanes) is 12. The number of allylic oxidation sites excluding steroid dienone is 6. The zero-order valence-electron chi connectivity index (χ0n) is 30.7. The molecule has 0 rings (SSSR count). The van der Waals surface area contributed by atoms with Crippen LogP contribution in [0.4, 0.5) is 0 Å². The van der Waals surface area contributed by atoms with Crippen LogP contribution < -0.4 is 5.11 Å². The van der Waals surface area contributed by atoms with Crippen LogP contribution >= 0.6 is 0 Å². The zero-order valence-corrected chi connectivity index (χ0v) is 30.7. The highest BCUT2D eigenvalue weighted by Crippen LogP contribution is 2.12. The lowest BCUT2D eigenvalue weighted by Gasteiger charge is -2.34. The van der Waals surface area contributed by atoms with Crippen molar-refractivity contribution in [1.29, 1.82) is 0 Å². The van der Waals surface area contributed by atoms with Gasteiger partial charge < -0.3 is 28.6 Å². The van der Waals surface area contributed by atoms with Gasteiger partial charge in [-0.1, -0.05) is 108 Å². The first kappa shape index (κ1) is 44.5. The Morgan fingerprint density at radius 2 is 1.13 bits per heavy atom. The number of ether oxygens (including phenoxy) is 3. The van der Waals surface area contributed by atoms with E-state index in [4.69, 9.17) is 14.2 Å². The summed E-state index contributed by atoms with van der Waals surface area (Å²) in [5, 5.41) is 11.5. The minimum absolute atomic E-state index is 0.0348. The minimum atomic E-state index is -1.13. The van der Waals surface area contributed by atoms with Crippen LogP contribution in [0.3, 0.4) is 0 Å². The van der Waals surface area contributed by atoms with Gasteiger partial charge in [0.25, 0.3) is 0 Å². The van der Waals surface area contributed by atoms with Gasteiger partial charge in [-0.2, -0.15) is 0 Å². The van der Waals surface area contributed by atoms with Crippen molar-refractivity contribution in [3.05, 3.63) is 36.5 Å². The molecule has 0 spiro atoms. The van der Waals surface area contributed by atoms with Gasteiger partial charge in [0.2, 0.25) is 0 Å². The summed E-state index contributed by atoms with van der Waals surface area (Å²) in [5.41, 5.74) is 0. The molecule has 0 bridgehead atoms. The molecule has 0 amide bonds. The molecule has 2 unspecified atom stereocenters. The van der Waals surface area contributed by atoms with Gasteiger partial charge in [-0.25, -0.2) is 0 Å². The molecule has 0 heterocycles. The average Bonchev–Trinajstić information content (AvgIpc) is 3.02. The highest BCUT2D eigenvalue weighted by molar-refractivity contribution is 5.70. The number of rotatable bonds is 32. The molecule has 0 saturated heterocycles. The molecule has 0 aromatic carbocycles. The van der Waals surface area contributed by atoms with Gasteiger partial charge in [0.1, 0.15) is 12.6 Å². The fourth-order valence-corrected chi connectivity index (χ4v) is 5.07. The molecule has 0 radical (unpaired) electrons. The van der Waals surface area contributed by atoms with E-state index in [0.717, 1.165) is 70.6 Å². The van der Waals surface area contributed by atoms with Crippen molar-refractivity contribution in [3.8, 4) is 0 Å². The van der Waals surface area contributed by atoms with E-state index in [9.17, 15) is 19.5 Å².